The van der Waals surface area contributed by atoms with E-state index < -0.39 is 5.97 Å². The summed E-state index contributed by atoms with van der Waals surface area (Å²) in [5.74, 6) is -0.672. The van der Waals surface area contributed by atoms with Crippen molar-refractivity contribution in [2.24, 2.45) is 0 Å². The van der Waals surface area contributed by atoms with Crippen molar-refractivity contribution >= 4 is 11.9 Å². The molecule has 1 N–H and O–H groups in total. The van der Waals surface area contributed by atoms with Gasteiger partial charge in [0, 0.05) is 12.8 Å². The molecule has 4 nitrogen and oxygen atoms in total. The average Bonchev–Trinajstić information content (AvgIpc) is 2.99. The van der Waals surface area contributed by atoms with Crippen LogP contribution in [0.1, 0.15) is 232 Å². The third kappa shape index (κ3) is 35.3. The highest BCUT2D eigenvalue weighted by molar-refractivity contribution is 5.69. The van der Waals surface area contributed by atoms with Gasteiger partial charge in [0.15, 0.2) is 0 Å². The zero-order valence-corrected chi connectivity index (χ0v) is 29.3. The fraction of sp³-hybridized carbons (Fsp3) is 0.949. The van der Waals surface area contributed by atoms with Crippen LogP contribution in [0.3, 0.4) is 0 Å². The van der Waals surface area contributed by atoms with Crippen molar-refractivity contribution in [3.8, 4) is 0 Å². The summed E-state index contributed by atoms with van der Waals surface area (Å²) in [7, 11) is 0. The molecule has 0 aromatic heterocycles. The fourth-order valence-electron chi connectivity index (χ4n) is 6.18. The standard InChI is InChI=1S/C39H76O4/c1-3-5-6-7-8-9-10-11-12-13-14-15-16-17-18-19-20-24-27-30-33-36-39(42)43-37(4-2)34-31-28-25-22-21-23-26-29-32-35-38(40)41/h37H,3-36H2,1-2H3,(H,40,41). The molecule has 0 bridgehead atoms. The molecular weight excluding hydrogens is 532 g/mol. The summed E-state index contributed by atoms with van der Waals surface area (Å²) in [6.07, 6.45) is 42.2. The van der Waals surface area contributed by atoms with Gasteiger partial charge >= 0.3 is 11.9 Å². The van der Waals surface area contributed by atoms with Crippen LogP contribution in [0.5, 0.6) is 0 Å². The van der Waals surface area contributed by atoms with E-state index in [0.29, 0.717) is 12.8 Å². The van der Waals surface area contributed by atoms with Gasteiger partial charge in [0.05, 0.1) is 0 Å². The summed E-state index contributed by atoms with van der Waals surface area (Å²) in [6, 6.07) is 0. The van der Waals surface area contributed by atoms with Gasteiger partial charge in [-0.25, -0.2) is 0 Å². The number of hydrogen-bond donors (Lipinski definition) is 1. The number of carboxylic acid groups (broad SMARTS) is 1. The second-order valence-corrected chi connectivity index (χ2v) is 13.5. The van der Waals surface area contributed by atoms with Gasteiger partial charge < -0.3 is 9.84 Å². The molecule has 0 aliphatic carbocycles. The monoisotopic (exact) mass is 609 g/mol. The zero-order valence-electron chi connectivity index (χ0n) is 29.3. The molecule has 0 fully saturated rings. The molecule has 0 aromatic rings. The lowest BCUT2D eigenvalue weighted by molar-refractivity contribution is -0.149. The molecule has 0 saturated carbocycles. The Labute approximate surface area is 269 Å². The number of unbranched alkanes of at least 4 members (excludes halogenated alkanes) is 28. The second kappa shape index (κ2) is 35.4. The number of carbonyl (C=O) groups excluding carboxylic acids is 1. The van der Waals surface area contributed by atoms with Crippen LogP contribution < -0.4 is 0 Å². The Morgan fingerprint density at radius 1 is 0.442 bits per heavy atom. The van der Waals surface area contributed by atoms with Crippen LogP contribution in [0.15, 0.2) is 0 Å². The first-order chi connectivity index (χ1) is 21.1. The fourth-order valence-corrected chi connectivity index (χ4v) is 6.18. The van der Waals surface area contributed by atoms with Crippen molar-refractivity contribution in [1.82, 2.24) is 0 Å². The van der Waals surface area contributed by atoms with Crippen molar-refractivity contribution in [2.45, 2.75) is 238 Å². The Kier molecular flexibility index (Phi) is 34.5. The van der Waals surface area contributed by atoms with Crippen molar-refractivity contribution in [1.29, 1.82) is 0 Å². The molecule has 4 heteroatoms. The third-order valence-electron chi connectivity index (χ3n) is 9.15. The quantitative estimate of drug-likeness (QED) is 0.0567. The first kappa shape index (κ1) is 41.9. The molecule has 1 atom stereocenters. The molecule has 0 aliphatic heterocycles. The minimum absolute atomic E-state index is 0.00699. The zero-order chi connectivity index (χ0) is 31.5. The number of carbonyl (C=O) groups is 2. The van der Waals surface area contributed by atoms with E-state index in [2.05, 4.69) is 13.8 Å². The SMILES string of the molecule is CCCCCCCCCCCCCCCCCCCCCCCC(=O)OC(CC)CCCCCCCCCCCC(=O)O. The predicted molar refractivity (Wildman–Crippen MR) is 186 cm³/mol. The lowest BCUT2D eigenvalue weighted by Gasteiger charge is -2.16. The number of hydrogen-bond acceptors (Lipinski definition) is 3. The molecule has 43 heavy (non-hydrogen) atoms. The maximum Gasteiger partial charge on any atom is 0.306 e. The van der Waals surface area contributed by atoms with Gasteiger partial charge in [-0.05, 0) is 32.1 Å². The van der Waals surface area contributed by atoms with Gasteiger partial charge in [0.2, 0.25) is 0 Å². The highest BCUT2D eigenvalue weighted by Gasteiger charge is 2.12. The predicted octanol–water partition coefficient (Wildman–Crippen LogP) is 13.3. The molecular formula is C39H76O4. The van der Waals surface area contributed by atoms with Crippen LogP contribution in [-0.2, 0) is 14.3 Å². The summed E-state index contributed by atoms with van der Waals surface area (Å²) in [4.78, 5) is 22.8. The van der Waals surface area contributed by atoms with Gasteiger partial charge in [-0.3, -0.25) is 9.59 Å². The van der Waals surface area contributed by atoms with E-state index in [9.17, 15) is 9.59 Å². The van der Waals surface area contributed by atoms with Crippen LogP contribution in [0.2, 0.25) is 0 Å². The molecule has 256 valence electrons. The highest BCUT2D eigenvalue weighted by atomic mass is 16.5. The molecule has 0 saturated heterocycles. The van der Waals surface area contributed by atoms with Gasteiger partial charge in [-0.1, -0.05) is 187 Å². The first-order valence-electron chi connectivity index (χ1n) is 19.5. The summed E-state index contributed by atoms with van der Waals surface area (Å²) in [6.45, 7) is 4.42. The van der Waals surface area contributed by atoms with E-state index in [-0.39, 0.29) is 12.1 Å². The average molecular weight is 609 g/mol. The maximum atomic E-state index is 12.3. The van der Waals surface area contributed by atoms with Gasteiger partial charge in [-0.2, -0.15) is 0 Å². The minimum atomic E-state index is -0.679. The van der Waals surface area contributed by atoms with Crippen LogP contribution in [0, 0.1) is 0 Å². The smallest absolute Gasteiger partial charge is 0.306 e. The number of rotatable bonds is 36. The third-order valence-corrected chi connectivity index (χ3v) is 9.15. The van der Waals surface area contributed by atoms with E-state index in [4.69, 9.17) is 9.84 Å². The molecule has 0 rings (SSSR count). The van der Waals surface area contributed by atoms with Crippen molar-refractivity contribution < 1.29 is 19.4 Å². The number of carboxylic acids is 1. The second-order valence-electron chi connectivity index (χ2n) is 13.5. The molecule has 0 amide bonds. The van der Waals surface area contributed by atoms with Crippen LogP contribution in [-0.4, -0.2) is 23.1 Å². The van der Waals surface area contributed by atoms with E-state index in [1.54, 1.807) is 0 Å². The Bertz CT molecular complexity index is 576. The summed E-state index contributed by atoms with van der Waals surface area (Å²) >= 11 is 0. The molecule has 1 unspecified atom stereocenters. The number of ether oxygens (including phenoxy) is 1. The molecule has 0 aromatic carbocycles. The molecule has 0 radical (unpaired) electrons. The van der Waals surface area contributed by atoms with Crippen molar-refractivity contribution in [3.63, 3.8) is 0 Å². The van der Waals surface area contributed by atoms with Crippen LogP contribution >= 0.6 is 0 Å². The summed E-state index contributed by atoms with van der Waals surface area (Å²) < 4.78 is 5.76. The normalized spacial score (nSPS) is 12.0. The molecule has 0 heterocycles. The lowest BCUT2D eigenvalue weighted by atomic mass is 10.0. The van der Waals surface area contributed by atoms with Gasteiger partial charge in [0.1, 0.15) is 6.10 Å². The topological polar surface area (TPSA) is 63.6 Å². The van der Waals surface area contributed by atoms with Crippen molar-refractivity contribution in [3.05, 3.63) is 0 Å². The first-order valence-corrected chi connectivity index (χ1v) is 19.5. The van der Waals surface area contributed by atoms with Crippen molar-refractivity contribution in [2.75, 3.05) is 0 Å². The van der Waals surface area contributed by atoms with Crippen LogP contribution in [0.4, 0.5) is 0 Å². The largest absolute Gasteiger partial charge is 0.481 e. The Balaban J connectivity index is 3.35. The van der Waals surface area contributed by atoms with E-state index in [1.165, 1.54) is 154 Å². The highest BCUT2D eigenvalue weighted by Crippen LogP contribution is 2.17. The van der Waals surface area contributed by atoms with Gasteiger partial charge in [0.25, 0.3) is 0 Å². The van der Waals surface area contributed by atoms with E-state index >= 15 is 0 Å². The Morgan fingerprint density at radius 2 is 0.744 bits per heavy atom. The molecule has 0 aliphatic rings. The lowest BCUT2D eigenvalue weighted by Crippen LogP contribution is -2.17. The Morgan fingerprint density at radius 3 is 1.07 bits per heavy atom. The van der Waals surface area contributed by atoms with Gasteiger partial charge in [-0.15, -0.1) is 0 Å². The number of esters is 1. The maximum absolute atomic E-state index is 12.3. The minimum Gasteiger partial charge on any atom is -0.481 e. The summed E-state index contributed by atoms with van der Waals surface area (Å²) in [5.41, 5.74) is 0. The number of aliphatic carboxylic acids is 1. The van der Waals surface area contributed by atoms with E-state index in [1.807, 2.05) is 0 Å². The summed E-state index contributed by atoms with van der Waals surface area (Å²) in [5, 5.41) is 8.66. The Hall–Kier alpha value is -1.06. The van der Waals surface area contributed by atoms with Crippen LogP contribution in [0.25, 0.3) is 0 Å². The van der Waals surface area contributed by atoms with E-state index in [0.717, 1.165) is 51.4 Å². The molecule has 0 spiro atoms.